The monoisotopic (exact) mass is 191 g/mol. The molecule has 6 N–H and O–H groups in total. The van der Waals surface area contributed by atoms with Crippen molar-refractivity contribution in [3.05, 3.63) is 13.2 Å². The zero-order chi connectivity index (χ0) is 2.00. The molecule has 2 nitrogen and oxygen atoms in total. The van der Waals surface area contributed by atoms with Crippen LogP contribution >= 0.6 is 0 Å². The molecule has 0 spiro atoms. The molecule has 0 rings (SSSR count). The van der Waals surface area contributed by atoms with Crippen molar-refractivity contribution in [1.82, 2.24) is 12.3 Å². The number of halogens is 2. The van der Waals surface area contributed by atoms with Crippen molar-refractivity contribution in [3.8, 4) is 0 Å². The standard InChI is InChI=1S/C2H4.2ClH.Co.2H3N/c1-2;;;;;/h1-2H2;2*1H;;2*1H3/q;;;+2;;/p-2. The molecule has 0 atom stereocenters. The zero-order valence-electron chi connectivity index (χ0n) is 3.92. The minimum Gasteiger partial charge on any atom is -1.00 e. The Balaban J connectivity index is -0.000000000500. The van der Waals surface area contributed by atoms with Crippen LogP contribution in [0.2, 0.25) is 0 Å². The van der Waals surface area contributed by atoms with E-state index in [2.05, 4.69) is 13.2 Å². The molecule has 0 aromatic rings. The Morgan fingerprint density at radius 3 is 0.714 bits per heavy atom. The molecule has 0 saturated carbocycles. The van der Waals surface area contributed by atoms with Crippen molar-refractivity contribution in [1.29, 1.82) is 0 Å². The van der Waals surface area contributed by atoms with E-state index in [1.807, 2.05) is 0 Å². The van der Waals surface area contributed by atoms with Gasteiger partial charge in [-0.05, 0) is 0 Å². The van der Waals surface area contributed by atoms with Gasteiger partial charge in [-0.25, -0.2) is 0 Å². The molecule has 0 amide bonds. The minimum atomic E-state index is 0. The molecule has 1 radical (unpaired) electrons. The van der Waals surface area contributed by atoms with E-state index >= 15 is 0 Å². The molecule has 0 aromatic heterocycles. The maximum atomic E-state index is 3.00. The molecule has 5 heteroatoms. The van der Waals surface area contributed by atoms with E-state index < -0.39 is 0 Å². The Labute approximate surface area is 67.3 Å². The normalized spacial score (nSPS) is 0.571. The van der Waals surface area contributed by atoms with Crippen molar-refractivity contribution in [2.45, 2.75) is 0 Å². The predicted octanol–water partition coefficient (Wildman–Crippen LogP) is -4.87. The topological polar surface area (TPSA) is 70.0 Å². The molecule has 0 saturated heterocycles. The van der Waals surface area contributed by atoms with E-state index in [9.17, 15) is 0 Å². The third-order valence-electron chi connectivity index (χ3n) is 0. The molecule has 0 unspecified atom stereocenters. The zero-order valence-corrected chi connectivity index (χ0v) is 6.47. The number of rotatable bonds is 0. The van der Waals surface area contributed by atoms with Gasteiger partial charge in [-0.15, -0.1) is 13.2 Å². The third kappa shape index (κ3) is 273. The first kappa shape index (κ1) is 116. The summed E-state index contributed by atoms with van der Waals surface area (Å²) in [6.07, 6.45) is 0. The molecule has 0 heterocycles. The Morgan fingerprint density at radius 2 is 0.714 bits per heavy atom. The molecular weight excluding hydrogens is 182 g/mol. The van der Waals surface area contributed by atoms with E-state index in [-0.39, 0.29) is 53.9 Å². The van der Waals surface area contributed by atoms with Gasteiger partial charge < -0.3 is 37.1 Å². The Bertz CT molecular complexity index is 13.7. The van der Waals surface area contributed by atoms with Crippen molar-refractivity contribution < 1.29 is 41.6 Å². The van der Waals surface area contributed by atoms with E-state index in [0.717, 1.165) is 0 Å². The second-order valence-corrected chi connectivity index (χ2v) is 0. The first-order valence-corrected chi connectivity index (χ1v) is 0.500. The van der Waals surface area contributed by atoms with Crippen LogP contribution in [-0.4, -0.2) is 0 Å². The summed E-state index contributed by atoms with van der Waals surface area (Å²) in [5, 5.41) is 0. The molecule has 0 aliphatic rings. The maximum absolute atomic E-state index is 3.00. The van der Waals surface area contributed by atoms with Crippen LogP contribution in [0.25, 0.3) is 0 Å². The van der Waals surface area contributed by atoms with Gasteiger partial charge in [0, 0.05) is 0 Å². The first-order chi connectivity index (χ1) is 1.00. The van der Waals surface area contributed by atoms with Crippen LogP contribution in [0.1, 0.15) is 0 Å². The van der Waals surface area contributed by atoms with Crippen LogP contribution < -0.4 is 37.1 Å². The van der Waals surface area contributed by atoms with Gasteiger partial charge in [0.15, 0.2) is 0 Å². The van der Waals surface area contributed by atoms with Gasteiger partial charge >= 0.3 is 16.8 Å². The van der Waals surface area contributed by atoms with Crippen LogP contribution in [0.4, 0.5) is 0 Å². The summed E-state index contributed by atoms with van der Waals surface area (Å²) in [5.74, 6) is 0. The van der Waals surface area contributed by atoms with Gasteiger partial charge in [-0.3, -0.25) is 0 Å². The van der Waals surface area contributed by atoms with Gasteiger partial charge in [-0.2, -0.15) is 0 Å². The fraction of sp³-hybridized carbons (Fsp3) is 0. The van der Waals surface area contributed by atoms with Gasteiger partial charge in [0.2, 0.25) is 0 Å². The quantitative estimate of drug-likeness (QED) is 0.378. The first-order valence-electron chi connectivity index (χ1n) is 0.500. The fourth-order valence-corrected chi connectivity index (χ4v) is 0. The summed E-state index contributed by atoms with van der Waals surface area (Å²) < 4.78 is 0. The maximum Gasteiger partial charge on any atom is 2.00 e. The average Bonchev–Trinajstić information content (AvgIpc) is 1.00. The summed E-state index contributed by atoms with van der Waals surface area (Å²) in [5.41, 5.74) is 0. The van der Waals surface area contributed by atoms with E-state index in [1.54, 1.807) is 0 Å². The number of hydrogen-bond donors (Lipinski definition) is 2. The molecule has 0 aliphatic carbocycles. The Morgan fingerprint density at radius 1 is 0.714 bits per heavy atom. The van der Waals surface area contributed by atoms with Crippen LogP contribution in [0, 0.1) is 0 Å². The smallest absolute Gasteiger partial charge is 1.00 e. The van der Waals surface area contributed by atoms with Crippen LogP contribution in [0.15, 0.2) is 13.2 Å². The Hall–Kier alpha value is 0.746. The largest absolute Gasteiger partial charge is 2.00 e. The van der Waals surface area contributed by atoms with E-state index in [4.69, 9.17) is 0 Å². The van der Waals surface area contributed by atoms with Crippen molar-refractivity contribution in [2.75, 3.05) is 0 Å². The summed E-state index contributed by atoms with van der Waals surface area (Å²) in [6, 6.07) is 0. The second-order valence-electron chi connectivity index (χ2n) is 0. The van der Waals surface area contributed by atoms with Crippen molar-refractivity contribution in [2.24, 2.45) is 0 Å². The summed E-state index contributed by atoms with van der Waals surface area (Å²) in [6.45, 7) is 6.00. The SMILES string of the molecule is C=C.N.N.[Cl-].[Cl-].[Co+2]. The van der Waals surface area contributed by atoms with Crippen LogP contribution in [0.3, 0.4) is 0 Å². The molecule has 0 fully saturated rings. The summed E-state index contributed by atoms with van der Waals surface area (Å²) >= 11 is 0. The van der Waals surface area contributed by atoms with Gasteiger partial charge in [0.05, 0.1) is 0 Å². The average molecular weight is 192 g/mol. The summed E-state index contributed by atoms with van der Waals surface area (Å²) in [7, 11) is 0. The van der Waals surface area contributed by atoms with Gasteiger partial charge in [0.1, 0.15) is 0 Å². The third-order valence-corrected chi connectivity index (χ3v) is 0. The number of hydrogen-bond acceptors (Lipinski definition) is 2. The molecule has 0 aliphatic heterocycles. The van der Waals surface area contributed by atoms with E-state index in [1.165, 1.54) is 0 Å². The van der Waals surface area contributed by atoms with Crippen molar-refractivity contribution in [3.63, 3.8) is 0 Å². The molecular formula is C2H10Cl2CoN2. The molecule has 0 bridgehead atoms. The fourth-order valence-electron chi connectivity index (χ4n) is 0. The second kappa shape index (κ2) is 400. The molecule has 0 aromatic carbocycles. The minimum absolute atomic E-state index is 0. The van der Waals surface area contributed by atoms with Gasteiger partial charge in [0.25, 0.3) is 0 Å². The van der Waals surface area contributed by atoms with Crippen molar-refractivity contribution >= 4 is 0 Å². The molecule has 7 heavy (non-hydrogen) atoms. The Kier molecular flexibility index (Phi) is 6600. The summed E-state index contributed by atoms with van der Waals surface area (Å²) in [4.78, 5) is 0. The van der Waals surface area contributed by atoms with Crippen LogP contribution in [0.5, 0.6) is 0 Å². The predicted molar refractivity (Wildman–Crippen MR) is 21.3 cm³/mol. The van der Waals surface area contributed by atoms with Gasteiger partial charge in [-0.1, -0.05) is 0 Å². The molecule has 51 valence electrons. The van der Waals surface area contributed by atoms with E-state index in [0.29, 0.717) is 0 Å². The van der Waals surface area contributed by atoms with Crippen LogP contribution in [-0.2, 0) is 16.8 Å².